The average molecular weight is 222 g/mol. The Balaban J connectivity index is 1.49. The summed E-state index contributed by atoms with van der Waals surface area (Å²) < 4.78 is 4.71. The number of rotatable bonds is 4. The predicted molar refractivity (Wildman–Crippen MR) is 58.7 cm³/mol. The molecule has 3 rings (SSSR count). The van der Waals surface area contributed by atoms with Crippen LogP contribution in [0.25, 0.3) is 0 Å². The molecule has 0 bridgehead atoms. The molecule has 1 aromatic heterocycles. The van der Waals surface area contributed by atoms with E-state index in [0.29, 0.717) is 12.6 Å². The Bertz CT molecular complexity index is 336. The summed E-state index contributed by atoms with van der Waals surface area (Å²) in [4.78, 5) is 6.64. The molecule has 0 spiro atoms. The third kappa shape index (κ3) is 2.10. The third-order valence-corrected chi connectivity index (χ3v) is 3.59. The summed E-state index contributed by atoms with van der Waals surface area (Å²) >= 11 is 0. The van der Waals surface area contributed by atoms with E-state index < -0.39 is 0 Å². The van der Waals surface area contributed by atoms with Crippen LogP contribution in [0.1, 0.15) is 32.0 Å². The zero-order valence-electron chi connectivity index (χ0n) is 9.59. The average Bonchev–Trinajstić information content (AvgIpc) is 2.85. The van der Waals surface area contributed by atoms with Gasteiger partial charge < -0.3 is 9.84 Å². The van der Waals surface area contributed by atoms with Crippen LogP contribution >= 0.6 is 0 Å². The number of nitrogens with one attached hydrogen (secondary N) is 1. The highest BCUT2D eigenvalue weighted by Gasteiger charge is 2.38. The minimum absolute atomic E-state index is 0.578. The van der Waals surface area contributed by atoms with E-state index in [1.807, 2.05) is 0 Å². The summed E-state index contributed by atoms with van der Waals surface area (Å²) in [7, 11) is 0. The lowest BCUT2D eigenvalue weighted by Crippen LogP contribution is -2.34. The van der Waals surface area contributed by atoms with Gasteiger partial charge >= 0.3 is 0 Å². The second-order valence-corrected chi connectivity index (χ2v) is 4.94. The molecule has 2 unspecified atom stereocenters. The first-order chi connectivity index (χ1) is 7.83. The first-order valence-electron chi connectivity index (χ1n) is 6.07. The van der Waals surface area contributed by atoms with E-state index in [4.69, 9.17) is 4.52 Å². The van der Waals surface area contributed by atoms with Gasteiger partial charge in [0.15, 0.2) is 5.82 Å². The van der Waals surface area contributed by atoms with Gasteiger partial charge in [-0.25, -0.2) is 0 Å². The van der Waals surface area contributed by atoms with Gasteiger partial charge in [-0.05, 0) is 26.2 Å². The Morgan fingerprint density at radius 2 is 2.44 bits per heavy atom. The molecule has 1 aliphatic carbocycles. The molecule has 1 aromatic rings. The second-order valence-electron chi connectivity index (χ2n) is 4.94. The molecule has 16 heavy (non-hydrogen) atoms. The summed E-state index contributed by atoms with van der Waals surface area (Å²) in [5.74, 6) is 0.748. The zero-order valence-corrected chi connectivity index (χ0v) is 9.59. The van der Waals surface area contributed by atoms with Gasteiger partial charge in [0.25, 0.3) is 0 Å². The molecule has 1 aliphatic heterocycles. The van der Waals surface area contributed by atoms with Crippen molar-refractivity contribution in [3.05, 3.63) is 12.2 Å². The van der Waals surface area contributed by atoms with Gasteiger partial charge in [-0.1, -0.05) is 5.16 Å². The van der Waals surface area contributed by atoms with Crippen molar-refractivity contribution in [2.75, 3.05) is 6.54 Å². The lowest BCUT2D eigenvalue weighted by atomic mass is 10.2. The zero-order chi connectivity index (χ0) is 11.0. The van der Waals surface area contributed by atoms with Crippen LogP contribution in [0.3, 0.4) is 0 Å². The number of hydrogen-bond donors (Lipinski definition) is 1. The summed E-state index contributed by atoms with van der Waals surface area (Å²) in [6.07, 6.45) is 5.39. The lowest BCUT2D eigenvalue weighted by Gasteiger charge is -2.19. The Kier molecular flexibility index (Phi) is 2.65. The number of likely N-dealkylation sites (tertiary alicyclic amines) is 1. The molecule has 2 heterocycles. The van der Waals surface area contributed by atoms with Crippen LogP contribution in [0.4, 0.5) is 0 Å². The van der Waals surface area contributed by atoms with E-state index in [-0.39, 0.29) is 0 Å². The molecule has 0 radical (unpaired) electrons. The number of nitrogens with zero attached hydrogens (tertiary/aromatic N) is 3. The molecule has 5 heteroatoms. The molecule has 1 N–H and O–H groups in total. The normalized spacial score (nSPS) is 31.1. The molecule has 5 nitrogen and oxygen atoms in total. The van der Waals surface area contributed by atoms with Gasteiger partial charge in [0.2, 0.25) is 6.39 Å². The van der Waals surface area contributed by atoms with E-state index in [2.05, 4.69) is 27.3 Å². The van der Waals surface area contributed by atoms with Crippen LogP contribution in [-0.4, -0.2) is 39.7 Å². The monoisotopic (exact) mass is 222 g/mol. The Hall–Kier alpha value is -0.940. The highest BCUT2D eigenvalue weighted by atomic mass is 16.5. The highest BCUT2D eigenvalue weighted by molar-refractivity contribution is 4.96. The van der Waals surface area contributed by atoms with Gasteiger partial charge in [-0.2, -0.15) is 4.98 Å². The van der Waals surface area contributed by atoms with E-state index in [9.17, 15) is 0 Å². The van der Waals surface area contributed by atoms with Crippen molar-refractivity contribution < 1.29 is 4.52 Å². The van der Waals surface area contributed by atoms with Gasteiger partial charge in [0.05, 0.1) is 6.54 Å². The van der Waals surface area contributed by atoms with Gasteiger partial charge in [-0.15, -0.1) is 0 Å². The molecule has 2 aliphatic rings. The molecular weight excluding hydrogens is 204 g/mol. The highest BCUT2D eigenvalue weighted by Crippen LogP contribution is 2.33. The van der Waals surface area contributed by atoms with E-state index >= 15 is 0 Å². The van der Waals surface area contributed by atoms with E-state index in [1.54, 1.807) is 0 Å². The number of aromatic nitrogens is 2. The van der Waals surface area contributed by atoms with Gasteiger partial charge in [0, 0.05) is 24.7 Å². The molecule has 2 atom stereocenters. The fourth-order valence-electron chi connectivity index (χ4n) is 2.63. The van der Waals surface area contributed by atoms with Crippen LogP contribution in [0.2, 0.25) is 0 Å². The number of hydrogen-bond acceptors (Lipinski definition) is 5. The molecule has 0 aromatic carbocycles. The first-order valence-corrected chi connectivity index (χ1v) is 6.07. The predicted octanol–water partition coefficient (Wildman–Crippen LogP) is 0.784. The molecule has 2 fully saturated rings. The molecule has 1 saturated carbocycles. The lowest BCUT2D eigenvalue weighted by molar-refractivity contribution is 0.255. The van der Waals surface area contributed by atoms with Crippen LogP contribution in [-0.2, 0) is 6.54 Å². The van der Waals surface area contributed by atoms with Crippen molar-refractivity contribution in [2.45, 2.75) is 50.9 Å². The van der Waals surface area contributed by atoms with Crippen molar-refractivity contribution in [1.82, 2.24) is 20.4 Å². The van der Waals surface area contributed by atoms with E-state index in [0.717, 1.165) is 17.9 Å². The smallest absolute Gasteiger partial charge is 0.213 e. The van der Waals surface area contributed by atoms with Crippen molar-refractivity contribution in [3.63, 3.8) is 0 Å². The maximum Gasteiger partial charge on any atom is 0.213 e. The molecular formula is C11H18N4O. The molecule has 88 valence electrons. The second kappa shape index (κ2) is 4.14. The molecule has 1 saturated heterocycles. The van der Waals surface area contributed by atoms with Crippen LogP contribution in [0, 0.1) is 0 Å². The maximum atomic E-state index is 4.71. The minimum Gasteiger partial charge on any atom is -0.343 e. The summed E-state index contributed by atoms with van der Waals surface area (Å²) in [6, 6.07) is 2.16. The SMILES string of the molecule is CC1CC(NCc2ncon2)CN1C1CC1. The maximum absolute atomic E-state index is 4.71. The first kappa shape index (κ1) is 10.2. The fourth-order valence-corrected chi connectivity index (χ4v) is 2.63. The van der Waals surface area contributed by atoms with Crippen LogP contribution in [0.5, 0.6) is 0 Å². The van der Waals surface area contributed by atoms with Gasteiger partial charge in [-0.3, -0.25) is 4.90 Å². The van der Waals surface area contributed by atoms with Crippen molar-refractivity contribution in [3.8, 4) is 0 Å². The standard InChI is InChI=1S/C11H18N4O/c1-8-4-9(6-15(8)10-2-3-10)12-5-11-13-7-16-14-11/h7-10,12H,2-6H2,1H3. The molecule has 0 amide bonds. The summed E-state index contributed by atoms with van der Waals surface area (Å²) in [5, 5.41) is 7.30. The van der Waals surface area contributed by atoms with Crippen LogP contribution < -0.4 is 5.32 Å². The Morgan fingerprint density at radius 3 is 3.12 bits per heavy atom. The Morgan fingerprint density at radius 1 is 1.56 bits per heavy atom. The van der Waals surface area contributed by atoms with E-state index in [1.165, 1.54) is 32.2 Å². The van der Waals surface area contributed by atoms with Crippen molar-refractivity contribution in [1.29, 1.82) is 0 Å². The topological polar surface area (TPSA) is 54.2 Å². The largest absolute Gasteiger partial charge is 0.343 e. The van der Waals surface area contributed by atoms with Gasteiger partial charge in [0.1, 0.15) is 0 Å². The quantitative estimate of drug-likeness (QED) is 0.816. The Labute approximate surface area is 95.2 Å². The van der Waals surface area contributed by atoms with Crippen molar-refractivity contribution >= 4 is 0 Å². The van der Waals surface area contributed by atoms with Crippen LogP contribution in [0.15, 0.2) is 10.9 Å². The summed E-state index contributed by atoms with van der Waals surface area (Å²) in [6.45, 7) is 4.21. The summed E-state index contributed by atoms with van der Waals surface area (Å²) in [5.41, 5.74) is 0. The third-order valence-electron chi connectivity index (χ3n) is 3.59. The van der Waals surface area contributed by atoms with Crippen molar-refractivity contribution in [2.24, 2.45) is 0 Å². The fraction of sp³-hybridized carbons (Fsp3) is 0.818. The minimum atomic E-state index is 0.578.